The van der Waals surface area contributed by atoms with Gasteiger partial charge >= 0.3 is 0 Å². The zero-order valence-corrected chi connectivity index (χ0v) is 12.9. The van der Waals surface area contributed by atoms with E-state index in [0.29, 0.717) is 11.0 Å². The Bertz CT molecular complexity index is 619. The average Bonchev–Trinajstić information content (AvgIpc) is 2.50. The number of nitrogens with zero attached hydrogens (tertiary/aromatic N) is 1. The first-order valence-electron chi connectivity index (χ1n) is 6.51. The predicted molar refractivity (Wildman–Crippen MR) is 82.4 cm³/mol. The Labute approximate surface area is 131 Å². The number of rotatable bonds is 5. The minimum Gasteiger partial charge on any atom is -0.395 e. The minimum absolute atomic E-state index is 0.141. The van der Waals surface area contributed by atoms with E-state index in [2.05, 4.69) is 15.9 Å². The molecule has 0 aliphatic heterocycles. The highest BCUT2D eigenvalue weighted by Crippen LogP contribution is 2.18. The summed E-state index contributed by atoms with van der Waals surface area (Å²) in [6, 6.07) is 13.7. The monoisotopic (exact) mass is 351 g/mol. The van der Waals surface area contributed by atoms with E-state index in [0.717, 1.165) is 5.56 Å². The van der Waals surface area contributed by atoms with Crippen LogP contribution >= 0.6 is 15.9 Å². The number of aliphatic hydroxyl groups is 1. The first-order valence-corrected chi connectivity index (χ1v) is 7.30. The molecule has 21 heavy (non-hydrogen) atoms. The second-order valence-electron chi connectivity index (χ2n) is 4.56. The lowest BCUT2D eigenvalue weighted by Gasteiger charge is -2.22. The Morgan fingerprint density at radius 2 is 1.90 bits per heavy atom. The molecule has 0 atom stereocenters. The van der Waals surface area contributed by atoms with Crippen LogP contribution in [0, 0.1) is 5.82 Å². The first-order chi connectivity index (χ1) is 10.1. The molecule has 1 N–H and O–H groups in total. The molecule has 0 aromatic heterocycles. The van der Waals surface area contributed by atoms with E-state index in [9.17, 15) is 9.18 Å². The lowest BCUT2D eigenvalue weighted by Crippen LogP contribution is -2.33. The van der Waals surface area contributed by atoms with Crippen molar-refractivity contribution in [2.75, 3.05) is 13.2 Å². The van der Waals surface area contributed by atoms with Crippen LogP contribution in [-0.2, 0) is 6.54 Å². The summed E-state index contributed by atoms with van der Waals surface area (Å²) in [7, 11) is 0. The summed E-state index contributed by atoms with van der Waals surface area (Å²) in [5.74, 6) is -0.788. The van der Waals surface area contributed by atoms with E-state index in [4.69, 9.17) is 5.11 Å². The van der Waals surface area contributed by atoms with Crippen molar-refractivity contribution >= 4 is 21.8 Å². The Morgan fingerprint density at radius 1 is 1.19 bits per heavy atom. The fourth-order valence-electron chi connectivity index (χ4n) is 1.99. The van der Waals surface area contributed by atoms with Crippen LogP contribution in [0.15, 0.2) is 53.0 Å². The van der Waals surface area contributed by atoms with Crippen molar-refractivity contribution < 1.29 is 14.3 Å². The molecule has 2 aromatic carbocycles. The van der Waals surface area contributed by atoms with Gasteiger partial charge in [0.15, 0.2) is 0 Å². The maximum absolute atomic E-state index is 13.5. The first kappa shape index (κ1) is 15.7. The van der Waals surface area contributed by atoms with Gasteiger partial charge in [0.2, 0.25) is 0 Å². The van der Waals surface area contributed by atoms with Gasteiger partial charge in [0.05, 0.1) is 11.1 Å². The van der Waals surface area contributed by atoms with Gasteiger partial charge in [0.25, 0.3) is 5.91 Å². The molecule has 0 heterocycles. The van der Waals surface area contributed by atoms with Gasteiger partial charge in [-0.25, -0.2) is 4.39 Å². The van der Waals surface area contributed by atoms with Gasteiger partial charge in [-0.3, -0.25) is 4.79 Å². The average molecular weight is 352 g/mol. The second kappa shape index (κ2) is 7.33. The van der Waals surface area contributed by atoms with Gasteiger partial charge in [-0.05, 0) is 39.7 Å². The number of halogens is 2. The number of aliphatic hydroxyl groups excluding tert-OH is 1. The zero-order valence-electron chi connectivity index (χ0n) is 11.3. The molecule has 0 unspecified atom stereocenters. The van der Waals surface area contributed by atoms with Crippen molar-refractivity contribution in [1.29, 1.82) is 0 Å². The summed E-state index contributed by atoms with van der Waals surface area (Å²) in [5, 5.41) is 9.13. The molecule has 0 bridgehead atoms. The van der Waals surface area contributed by atoms with Gasteiger partial charge in [-0.2, -0.15) is 0 Å². The molecular weight excluding hydrogens is 337 g/mol. The van der Waals surface area contributed by atoms with Crippen LogP contribution in [0.5, 0.6) is 0 Å². The number of hydrogen-bond donors (Lipinski definition) is 1. The Morgan fingerprint density at radius 3 is 2.52 bits per heavy atom. The van der Waals surface area contributed by atoms with Gasteiger partial charge in [0, 0.05) is 18.7 Å². The molecule has 0 saturated carbocycles. The predicted octanol–water partition coefficient (Wildman–Crippen LogP) is 3.22. The summed E-state index contributed by atoms with van der Waals surface area (Å²) in [6.07, 6.45) is 0. The highest BCUT2D eigenvalue weighted by Gasteiger charge is 2.17. The van der Waals surface area contributed by atoms with Crippen molar-refractivity contribution in [3.8, 4) is 0 Å². The van der Waals surface area contributed by atoms with Gasteiger partial charge in [-0.1, -0.05) is 30.3 Å². The largest absolute Gasteiger partial charge is 0.395 e. The number of benzene rings is 2. The van der Waals surface area contributed by atoms with E-state index < -0.39 is 5.82 Å². The molecule has 5 heteroatoms. The molecule has 1 amide bonds. The van der Waals surface area contributed by atoms with Crippen molar-refractivity contribution in [3.05, 3.63) is 69.9 Å². The number of hydrogen-bond acceptors (Lipinski definition) is 2. The third-order valence-corrected chi connectivity index (χ3v) is 3.68. The van der Waals surface area contributed by atoms with Crippen LogP contribution in [0.4, 0.5) is 4.39 Å². The summed E-state index contributed by atoms with van der Waals surface area (Å²) in [5.41, 5.74) is 1.22. The SMILES string of the molecule is O=C(c1ccc(Br)c(F)c1)N(CCO)Cc1ccccc1. The molecule has 0 saturated heterocycles. The Hall–Kier alpha value is -1.72. The molecule has 0 aliphatic rings. The number of carbonyl (C=O) groups is 1. The molecule has 2 aromatic rings. The fourth-order valence-corrected chi connectivity index (χ4v) is 2.24. The molecule has 110 valence electrons. The van der Waals surface area contributed by atoms with E-state index in [1.54, 1.807) is 6.07 Å². The summed E-state index contributed by atoms with van der Waals surface area (Å²) in [4.78, 5) is 13.9. The maximum atomic E-state index is 13.5. The Kier molecular flexibility index (Phi) is 5.47. The van der Waals surface area contributed by atoms with E-state index in [-0.39, 0.29) is 24.6 Å². The molecule has 0 aliphatic carbocycles. The number of carbonyl (C=O) groups excluding carboxylic acids is 1. The van der Waals surface area contributed by atoms with Crippen LogP contribution in [0.1, 0.15) is 15.9 Å². The van der Waals surface area contributed by atoms with E-state index >= 15 is 0 Å². The maximum Gasteiger partial charge on any atom is 0.254 e. The standard InChI is InChI=1S/C16H15BrFNO2/c17-14-7-6-13(10-15(14)18)16(21)19(8-9-20)11-12-4-2-1-3-5-12/h1-7,10,20H,8-9,11H2. The van der Waals surface area contributed by atoms with Crippen LogP contribution in [0.3, 0.4) is 0 Å². The minimum atomic E-state index is -0.482. The summed E-state index contributed by atoms with van der Waals surface area (Å²) < 4.78 is 13.9. The van der Waals surface area contributed by atoms with Crippen molar-refractivity contribution in [3.63, 3.8) is 0 Å². The summed E-state index contributed by atoms with van der Waals surface area (Å²) in [6.45, 7) is 0.431. The highest BCUT2D eigenvalue weighted by atomic mass is 79.9. The van der Waals surface area contributed by atoms with Crippen molar-refractivity contribution in [1.82, 2.24) is 4.90 Å². The molecular formula is C16H15BrFNO2. The van der Waals surface area contributed by atoms with E-state index in [1.807, 2.05) is 30.3 Å². The normalized spacial score (nSPS) is 10.4. The second-order valence-corrected chi connectivity index (χ2v) is 5.42. The van der Waals surface area contributed by atoms with Gasteiger partial charge in [-0.15, -0.1) is 0 Å². The zero-order chi connectivity index (χ0) is 15.2. The quantitative estimate of drug-likeness (QED) is 0.898. The molecule has 0 fully saturated rings. The third-order valence-electron chi connectivity index (χ3n) is 3.04. The molecule has 0 radical (unpaired) electrons. The van der Waals surface area contributed by atoms with Gasteiger partial charge < -0.3 is 10.0 Å². The molecule has 2 rings (SSSR count). The topological polar surface area (TPSA) is 40.5 Å². The molecule has 3 nitrogen and oxygen atoms in total. The van der Waals surface area contributed by atoms with Crippen LogP contribution < -0.4 is 0 Å². The van der Waals surface area contributed by atoms with Crippen LogP contribution in [-0.4, -0.2) is 29.1 Å². The lowest BCUT2D eigenvalue weighted by atomic mass is 10.1. The van der Waals surface area contributed by atoms with E-state index in [1.165, 1.54) is 17.0 Å². The fraction of sp³-hybridized carbons (Fsp3) is 0.188. The van der Waals surface area contributed by atoms with Crippen molar-refractivity contribution in [2.24, 2.45) is 0 Å². The lowest BCUT2D eigenvalue weighted by molar-refractivity contribution is 0.0707. The summed E-state index contributed by atoms with van der Waals surface area (Å²) >= 11 is 3.06. The Balaban J connectivity index is 2.20. The molecule has 0 spiro atoms. The third kappa shape index (κ3) is 4.12. The highest BCUT2D eigenvalue weighted by molar-refractivity contribution is 9.10. The van der Waals surface area contributed by atoms with Crippen molar-refractivity contribution in [2.45, 2.75) is 6.54 Å². The number of amides is 1. The van der Waals surface area contributed by atoms with Crippen LogP contribution in [0.2, 0.25) is 0 Å². The van der Waals surface area contributed by atoms with Crippen LogP contribution in [0.25, 0.3) is 0 Å². The van der Waals surface area contributed by atoms with Gasteiger partial charge in [0.1, 0.15) is 5.82 Å². The smallest absolute Gasteiger partial charge is 0.254 e.